The van der Waals surface area contributed by atoms with Crippen LogP contribution in [0.25, 0.3) is 0 Å². The molecule has 0 bridgehead atoms. The Bertz CT molecular complexity index is 265. The molecular formula is C11H21FIN3S. The summed E-state index contributed by atoms with van der Waals surface area (Å²) in [5.74, 6) is 2.83. The van der Waals surface area contributed by atoms with Crippen molar-refractivity contribution in [3.05, 3.63) is 0 Å². The Morgan fingerprint density at radius 2 is 2.00 bits per heavy atom. The van der Waals surface area contributed by atoms with E-state index in [1.54, 1.807) is 0 Å². The quantitative estimate of drug-likeness (QED) is 0.469. The number of nitrogens with two attached hydrogens (primary N) is 1. The second-order valence-corrected chi connectivity index (χ2v) is 5.82. The lowest BCUT2D eigenvalue weighted by Crippen LogP contribution is -2.43. The molecule has 6 heteroatoms. The summed E-state index contributed by atoms with van der Waals surface area (Å²) in [6.07, 6.45) is 2.99. The van der Waals surface area contributed by atoms with Crippen LogP contribution < -0.4 is 5.73 Å². The molecule has 1 saturated carbocycles. The summed E-state index contributed by atoms with van der Waals surface area (Å²) >= 11 is 1.94. The monoisotopic (exact) mass is 373 g/mol. The molecule has 2 rings (SSSR count). The van der Waals surface area contributed by atoms with Gasteiger partial charge in [-0.2, -0.15) is 11.8 Å². The summed E-state index contributed by atoms with van der Waals surface area (Å²) in [4.78, 5) is 6.39. The number of thioether (sulfide) groups is 1. The van der Waals surface area contributed by atoms with Gasteiger partial charge >= 0.3 is 0 Å². The molecule has 2 aliphatic rings. The standard InChI is InChI=1S/C11H20FN3S.HI/c12-11(2-1-3-11)4-5-14-10(13)15-6-8-16-9-7-15;/h1-9H2,(H2,13,14);1H. The van der Waals surface area contributed by atoms with Crippen LogP contribution in [0.15, 0.2) is 4.99 Å². The van der Waals surface area contributed by atoms with Gasteiger partial charge in [-0.25, -0.2) is 4.39 Å². The zero-order valence-corrected chi connectivity index (χ0v) is 13.2. The molecule has 17 heavy (non-hydrogen) atoms. The van der Waals surface area contributed by atoms with Gasteiger partial charge in [-0.3, -0.25) is 4.99 Å². The predicted octanol–water partition coefficient (Wildman–Crippen LogP) is 2.25. The molecule has 0 atom stereocenters. The summed E-state index contributed by atoms with van der Waals surface area (Å²) in [5, 5.41) is 0. The Hall–Kier alpha value is 0.280. The van der Waals surface area contributed by atoms with Gasteiger partial charge in [0.05, 0.1) is 0 Å². The molecular weight excluding hydrogens is 352 g/mol. The Balaban J connectivity index is 0.00000144. The molecule has 0 aromatic rings. The molecule has 2 fully saturated rings. The van der Waals surface area contributed by atoms with Crippen molar-refractivity contribution in [1.29, 1.82) is 0 Å². The average Bonchev–Trinajstić information content (AvgIpc) is 2.28. The summed E-state index contributed by atoms with van der Waals surface area (Å²) in [6.45, 7) is 2.48. The van der Waals surface area contributed by atoms with E-state index >= 15 is 0 Å². The van der Waals surface area contributed by atoms with E-state index in [4.69, 9.17) is 5.73 Å². The molecule has 1 heterocycles. The van der Waals surface area contributed by atoms with Crippen LogP contribution in [0.3, 0.4) is 0 Å². The Labute approximate surface area is 124 Å². The number of guanidine groups is 1. The fraction of sp³-hybridized carbons (Fsp3) is 0.909. The van der Waals surface area contributed by atoms with E-state index in [2.05, 4.69) is 9.89 Å². The minimum Gasteiger partial charge on any atom is -0.370 e. The minimum atomic E-state index is -0.929. The minimum absolute atomic E-state index is 0. The molecule has 2 N–H and O–H groups in total. The predicted molar refractivity (Wildman–Crippen MR) is 83.1 cm³/mol. The number of hydrogen-bond acceptors (Lipinski definition) is 2. The molecule has 0 radical (unpaired) electrons. The maximum Gasteiger partial charge on any atom is 0.191 e. The summed E-state index contributed by atoms with van der Waals surface area (Å²) in [7, 11) is 0. The highest BCUT2D eigenvalue weighted by Crippen LogP contribution is 2.38. The van der Waals surface area contributed by atoms with Gasteiger partial charge in [0.2, 0.25) is 0 Å². The molecule has 3 nitrogen and oxygen atoms in total. The number of alkyl halides is 1. The zero-order chi connectivity index (χ0) is 11.4. The third kappa shape index (κ3) is 4.46. The number of halogens is 2. The number of hydrogen-bond donors (Lipinski definition) is 1. The topological polar surface area (TPSA) is 41.6 Å². The summed E-state index contributed by atoms with van der Waals surface area (Å²) in [5.41, 5.74) is 4.95. The molecule has 100 valence electrons. The van der Waals surface area contributed by atoms with E-state index in [0.29, 0.717) is 31.8 Å². The first-order chi connectivity index (χ1) is 7.70. The van der Waals surface area contributed by atoms with E-state index < -0.39 is 5.67 Å². The largest absolute Gasteiger partial charge is 0.370 e. The summed E-state index contributed by atoms with van der Waals surface area (Å²) in [6, 6.07) is 0. The van der Waals surface area contributed by atoms with Crippen LogP contribution in [-0.4, -0.2) is 47.7 Å². The van der Waals surface area contributed by atoms with Crippen LogP contribution in [0.5, 0.6) is 0 Å². The number of nitrogens with zero attached hydrogens (tertiary/aromatic N) is 2. The van der Waals surface area contributed by atoms with Gasteiger partial charge in [0.15, 0.2) is 5.96 Å². The third-order valence-electron chi connectivity index (χ3n) is 3.42. The van der Waals surface area contributed by atoms with Crippen LogP contribution in [0, 0.1) is 0 Å². The Morgan fingerprint density at radius 1 is 1.35 bits per heavy atom. The smallest absolute Gasteiger partial charge is 0.191 e. The molecule has 1 aliphatic heterocycles. The second-order valence-electron chi connectivity index (χ2n) is 4.59. The van der Waals surface area contributed by atoms with Gasteiger partial charge in [-0.05, 0) is 19.3 Å². The molecule has 0 aromatic heterocycles. The highest BCUT2D eigenvalue weighted by atomic mass is 127. The SMILES string of the molecule is I.NC(=NCCC1(F)CCC1)N1CCSCC1. The fourth-order valence-corrected chi connectivity index (χ4v) is 2.98. The number of aliphatic imine (C=N–C) groups is 1. The van der Waals surface area contributed by atoms with Crippen molar-refractivity contribution in [1.82, 2.24) is 4.90 Å². The van der Waals surface area contributed by atoms with Crippen LogP contribution in [-0.2, 0) is 0 Å². The molecule has 0 aromatic carbocycles. The maximum absolute atomic E-state index is 13.7. The first-order valence-electron chi connectivity index (χ1n) is 6.01. The highest BCUT2D eigenvalue weighted by molar-refractivity contribution is 14.0. The van der Waals surface area contributed by atoms with Gasteiger partial charge in [0.25, 0.3) is 0 Å². The van der Waals surface area contributed by atoms with Gasteiger partial charge in [0.1, 0.15) is 5.67 Å². The Morgan fingerprint density at radius 3 is 2.53 bits per heavy atom. The van der Waals surface area contributed by atoms with Crippen LogP contribution >= 0.6 is 35.7 Å². The molecule has 0 amide bonds. The first-order valence-corrected chi connectivity index (χ1v) is 7.17. The van der Waals surface area contributed by atoms with Crippen molar-refractivity contribution in [2.24, 2.45) is 10.7 Å². The van der Waals surface area contributed by atoms with Crippen molar-refractivity contribution >= 4 is 41.7 Å². The third-order valence-corrected chi connectivity index (χ3v) is 4.36. The van der Waals surface area contributed by atoms with Crippen LogP contribution in [0.4, 0.5) is 4.39 Å². The fourth-order valence-electron chi connectivity index (χ4n) is 2.07. The van der Waals surface area contributed by atoms with Crippen molar-refractivity contribution in [3.8, 4) is 0 Å². The van der Waals surface area contributed by atoms with Gasteiger partial charge < -0.3 is 10.6 Å². The molecule has 0 unspecified atom stereocenters. The van der Waals surface area contributed by atoms with Gasteiger partial charge in [0, 0.05) is 37.6 Å². The lowest BCUT2D eigenvalue weighted by molar-refractivity contribution is 0.0568. The van der Waals surface area contributed by atoms with Crippen LogP contribution in [0.1, 0.15) is 25.7 Å². The van der Waals surface area contributed by atoms with E-state index in [9.17, 15) is 4.39 Å². The zero-order valence-electron chi connectivity index (χ0n) is 10.0. The van der Waals surface area contributed by atoms with E-state index in [0.717, 1.165) is 31.0 Å². The summed E-state index contributed by atoms with van der Waals surface area (Å²) < 4.78 is 13.7. The lowest BCUT2D eigenvalue weighted by Gasteiger charge is -2.33. The van der Waals surface area contributed by atoms with Crippen molar-refractivity contribution in [2.45, 2.75) is 31.4 Å². The van der Waals surface area contributed by atoms with Crippen molar-refractivity contribution in [2.75, 3.05) is 31.1 Å². The normalized spacial score (nSPS) is 23.8. The lowest BCUT2D eigenvalue weighted by atomic mass is 9.80. The molecule has 1 saturated heterocycles. The van der Waals surface area contributed by atoms with Crippen molar-refractivity contribution in [3.63, 3.8) is 0 Å². The highest BCUT2D eigenvalue weighted by Gasteiger charge is 2.36. The maximum atomic E-state index is 13.7. The van der Waals surface area contributed by atoms with E-state index in [1.807, 2.05) is 11.8 Å². The molecule has 1 aliphatic carbocycles. The second kappa shape index (κ2) is 7.01. The van der Waals surface area contributed by atoms with Crippen molar-refractivity contribution < 1.29 is 4.39 Å². The van der Waals surface area contributed by atoms with Gasteiger partial charge in [-0.1, -0.05) is 0 Å². The first kappa shape index (κ1) is 15.3. The van der Waals surface area contributed by atoms with Gasteiger partial charge in [-0.15, -0.1) is 24.0 Å². The van der Waals surface area contributed by atoms with E-state index in [-0.39, 0.29) is 24.0 Å². The molecule has 0 spiro atoms. The Kier molecular flexibility index (Phi) is 6.33. The van der Waals surface area contributed by atoms with Crippen LogP contribution in [0.2, 0.25) is 0 Å². The van der Waals surface area contributed by atoms with E-state index in [1.165, 1.54) is 0 Å². The average molecular weight is 373 g/mol. The number of rotatable bonds is 3.